The number of anilines is 1. The number of benzene rings is 1. The third-order valence-electron chi connectivity index (χ3n) is 4.75. The van der Waals surface area contributed by atoms with E-state index in [9.17, 15) is 14.7 Å². The first-order valence-corrected chi connectivity index (χ1v) is 8.19. The van der Waals surface area contributed by atoms with Gasteiger partial charge in [0.15, 0.2) is 5.78 Å². The average Bonchev–Trinajstić information content (AvgIpc) is 2.91. The van der Waals surface area contributed by atoms with Gasteiger partial charge in [0.25, 0.3) is 0 Å². The molecule has 3 unspecified atom stereocenters. The van der Waals surface area contributed by atoms with E-state index in [0.717, 1.165) is 19.3 Å². The van der Waals surface area contributed by atoms with Crippen LogP contribution >= 0.6 is 0 Å². The Bertz CT molecular complexity index is 573. The summed E-state index contributed by atoms with van der Waals surface area (Å²) in [6, 6.07) is 6.70. The van der Waals surface area contributed by atoms with Gasteiger partial charge in [-0.05, 0) is 51.8 Å². The van der Waals surface area contributed by atoms with E-state index in [1.54, 1.807) is 24.3 Å². The second-order valence-electron chi connectivity index (χ2n) is 6.46. The molecule has 0 saturated heterocycles. The number of amides is 1. The maximum atomic E-state index is 12.5. The van der Waals surface area contributed by atoms with Crippen LogP contribution in [-0.2, 0) is 4.79 Å². The molecule has 3 atom stereocenters. The lowest BCUT2D eigenvalue weighted by Crippen LogP contribution is -2.43. The van der Waals surface area contributed by atoms with Gasteiger partial charge in [0.2, 0.25) is 5.91 Å². The highest BCUT2D eigenvalue weighted by molar-refractivity contribution is 6.04. The molecule has 0 aliphatic heterocycles. The summed E-state index contributed by atoms with van der Waals surface area (Å²) in [4.78, 5) is 26.0. The maximum Gasteiger partial charge on any atom is 0.241 e. The Balaban J connectivity index is 1.98. The number of para-hydroxylation sites is 1. The summed E-state index contributed by atoms with van der Waals surface area (Å²) >= 11 is 0. The summed E-state index contributed by atoms with van der Waals surface area (Å²) in [5.41, 5.74) is 1.06. The molecule has 23 heavy (non-hydrogen) atoms. The number of aliphatic hydroxyl groups is 1. The fourth-order valence-electron chi connectivity index (χ4n) is 3.09. The molecule has 1 aliphatic rings. The molecule has 0 radical (unpaired) electrons. The van der Waals surface area contributed by atoms with Crippen LogP contribution in [0.2, 0.25) is 0 Å². The number of hydrogen-bond donors (Lipinski definition) is 2. The number of Topliss-reactive ketones (excluding diaryl/α,β-unsaturated/α-hetero) is 1. The van der Waals surface area contributed by atoms with E-state index < -0.39 is 0 Å². The standard InChI is InChI=1S/C18H26N2O3/c1-12(20(3)11-14-7-6-10-17(14)22)18(23)19-16-9-5-4-8-15(16)13(2)21/h4-5,8-9,12,14,17,22H,6-7,10-11H2,1-3H3,(H,19,23). The van der Waals surface area contributed by atoms with Crippen molar-refractivity contribution in [2.45, 2.75) is 45.3 Å². The Hall–Kier alpha value is -1.72. The van der Waals surface area contributed by atoms with Crippen LogP contribution in [0.15, 0.2) is 24.3 Å². The lowest BCUT2D eigenvalue weighted by atomic mass is 10.0. The highest BCUT2D eigenvalue weighted by atomic mass is 16.3. The molecule has 1 saturated carbocycles. The van der Waals surface area contributed by atoms with Gasteiger partial charge in [-0.1, -0.05) is 18.6 Å². The Morgan fingerprint density at radius 2 is 2.04 bits per heavy atom. The molecule has 5 heteroatoms. The number of carbonyl (C=O) groups excluding carboxylic acids is 2. The summed E-state index contributed by atoms with van der Waals surface area (Å²) < 4.78 is 0. The van der Waals surface area contributed by atoms with Crippen LogP contribution in [0.1, 0.15) is 43.5 Å². The summed E-state index contributed by atoms with van der Waals surface area (Å²) in [6.45, 7) is 4.03. The van der Waals surface area contributed by atoms with Crippen LogP contribution in [0.5, 0.6) is 0 Å². The second kappa shape index (κ2) is 7.70. The third kappa shape index (κ3) is 4.39. The van der Waals surface area contributed by atoms with Crippen LogP contribution in [0.4, 0.5) is 5.69 Å². The van der Waals surface area contributed by atoms with E-state index in [4.69, 9.17) is 0 Å². The molecule has 1 aromatic carbocycles. The van der Waals surface area contributed by atoms with E-state index in [-0.39, 0.29) is 29.8 Å². The first kappa shape index (κ1) is 17.6. The smallest absolute Gasteiger partial charge is 0.241 e. The van der Waals surface area contributed by atoms with Gasteiger partial charge < -0.3 is 10.4 Å². The Morgan fingerprint density at radius 1 is 1.35 bits per heavy atom. The molecule has 0 heterocycles. The normalized spacial score (nSPS) is 22.1. The number of rotatable bonds is 6. The van der Waals surface area contributed by atoms with Crippen molar-refractivity contribution in [1.82, 2.24) is 4.90 Å². The zero-order valence-electron chi connectivity index (χ0n) is 14.1. The molecular weight excluding hydrogens is 292 g/mol. The quantitative estimate of drug-likeness (QED) is 0.790. The molecule has 0 bridgehead atoms. The van der Waals surface area contributed by atoms with Crippen LogP contribution in [0.3, 0.4) is 0 Å². The molecule has 0 aromatic heterocycles. The zero-order valence-corrected chi connectivity index (χ0v) is 14.1. The molecule has 1 fully saturated rings. The van der Waals surface area contributed by atoms with Gasteiger partial charge in [0.1, 0.15) is 0 Å². The van der Waals surface area contributed by atoms with E-state index in [2.05, 4.69) is 5.32 Å². The van der Waals surface area contributed by atoms with Crippen molar-refractivity contribution in [3.63, 3.8) is 0 Å². The number of nitrogens with zero attached hydrogens (tertiary/aromatic N) is 1. The van der Waals surface area contributed by atoms with Gasteiger partial charge in [-0.15, -0.1) is 0 Å². The molecule has 1 amide bonds. The second-order valence-corrected chi connectivity index (χ2v) is 6.46. The minimum absolute atomic E-state index is 0.0732. The SMILES string of the molecule is CC(=O)c1ccccc1NC(=O)C(C)N(C)CC1CCCC1O. The lowest BCUT2D eigenvalue weighted by molar-refractivity contribution is -0.120. The van der Waals surface area contributed by atoms with Crippen molar-refractivity contribution >= 4 is 17.4 Å². The van der Waals surface area contributed by atoms with Crippen LogP contribution in [-0.4, -0.2) is 47.4 Å². The van der Waals surface area contributed by atoms with Crippen molar-refractivity contribution in [2.24, 2.45) is 5.92 Å². The van der Waals surface area contributed by atoms with Gasteiger partial charge >= 0.3 is 0 Å². The molecule has 5 nitrogen and oxygen atoms in total. The van der Waals surface area contributed by atoms with Gasteiger partial charge in [0, 0.05) is 12.1 Å². The fourth-order valence-corrected chi connectivity index (χ4v) is 3.09. The van der Waals surface area contributed by atoms with Gasteiger partial charge in [0.05, 0.1) is 17.8 Å². The minimum Gasteiger partial charge on any atom is -0.393 e. The van der Waals surface area contributed by atoms with E-state index in [0.29, 0.717) is 17.8 Å². The zero-order chi connectivity index (χ0) is 17.0. The molecular formula is C18H26N2O3. The lowest BCUT2D eigenvalue weighted by Gasteiger charge is -2.28. The first-order valence-electron chi connectivity index (χ1n) is 8.19. The Kier molecular flexibility index (Phi) is 5.91. The van der Waals surface area contributed by atoms with Crippen LogP contribution < -0.4 is 5.32 Å². The highest BCUT2D eigenvalue weighted by Gasteiger charge is 2.29. The summed E-state index contributed by atoms with van der Waals surface area (Å²) in [7, 11) is 1.90. The number of carbonyl (C=O) groups is 2. The molecule has 1 aliphatic carbocycles. The molecule has 126 valence electrons. The number of hydrogen-bond acceptors (Lipinski definition) is 4. The van der Waals surface area contributed by atoms with Crippen molar-refractivity contribution in [3.05, 3.63) is 29.8 Å². The summed E-state index contributed by atoms with van der Waals surface area (Å²) in [5.74, 6) is 0.0180. The topological polar surface area (TPSA) is 69.6 Å². The number of aliphatic hydroxyl groups excluding tert-OH is 1. The van der Waals surface area contributed by atoms with Crippen LogP contribution in [0.25, 0.3) is 0 Å². The van der Waals surface area contributed by atoms with Crippen molar-refractivity contribution in [1.29, 1.82) is 0 Å². The molecule has 1 aromatic rings. The van der Waals surface area contributed by atoms with Crippen molar-refractivity contribution < 1.29 is 14.7 Å². The Morgan fingerprint density at radius 3 is 2.65 bits per heavy atom. The number of nitrogens with one attached hydrogen (secondary N) is 1. The van der Waals surface area contributed by atoms with Gasteiger partial charge in [-0.2, -0.15) is 0 Å². The molecule has 2 N–H and O–H groups in total. The summed E-state index contributed by atoms with van der Waals surface area (Å²) in [6.07, 6.45) is 2.65. The predicted octanol–water partition coefficient (Wildman–Crippen LogP) is 2.31. The van der Waals surface area contributed by atoms with Crippen molar-refractivity contribution in [3.8, 4) is 0 Å². The Labute approximate surface area is 137 Å². The third-order valence-corrected chi connectivity index (χ3v) is 4.75. The number of likely N-dealkylation sites (N-methyl/N-ethyl adjacent to an activating group) is 1. The highest BCUT2D eigenvalue weighted by Crippen LogP contribution is 2.26. The monoisotopic (exact) mass is 318 g/mol. The summed E-state index contributed by atoms with van der Waals surface area (Å²) in [5, 5.41) is 12.8. The fraction of sp³-hybridized carbons (Fsp3) is 0.556. The first-order chi connectivity index (χ1) is 10.9. The van der Waals surface area contributed by atoms with Crippen molar-refractivity contribution in [2.75, 3.05) is 18.9 Å². The van der Waals surface area contributed by atoms with Crippen LogP contribution in [0, 0.1) is 5.92 Å². The molecule has 0 spiro atoms. The largest absolute Gasteiger partial charge is 0.393 e. The predicted molar refractivity (Wildman–Crippen MR) is 90.5 cm³/mol. The molecule has 2 rings (SSSR count). The minimum atomic E-state index is -0.331. The number of ketones is 1. The maximum absolute atomic E-state index is 12.5. The van der Waals surface area contributed by atoms with E-state index in [1.165, 1.54) is 6.92 Å². The van der Waals surface area contributed by atoms with E-state index >= 15 is 0 Å². The van der Waals surface area contributed by atoms with Gasteiger partial charge in [-0.3, -0.25) is 14.5 Å². The average molecular weight is 318 g/mol. The van der Waals surface area contributed by atoms with E-state index in [1.807, 2.05) is 18.9 Å². The van der Waals surface area contributed by atoms with Gasteiger partial charge in [-0.25, -0.2) is 0 Å².